The number of anilines is 1. The van der Waals surface area contributed by atoms with E-state index < -0.39 is 0 Å². The van der Waals surface area contributed by atoms with Crippen molar-refractivity contribution in [2.75, 3.05) is 5.73 Å². The summed E-state index contributed by atoms with van der Waals surface area (Å²) in [5.74, 6) is 6.82. The molecule has 0 atom stereocenters. The summed E-state index contributed by atoms with van der Waals surface area (Å²) in [6.45, 7) is 4.21. The minimum Gasteiger partial charge on any atom is -0.383 e. The van der Waals surface area contributed by atoms with Gasteiger partial charge in [-0.25, -0.2) is 9.97 Å². The summed E-state index contributed by atoms with van der Waals surface area (Å²) < 4.78 is 2.07. The lowest BCUT2D eigenvalue weighted by Gasteiger charge is -2.07. The number of rotatable bonds is 1. The zero-order valence-electron chi connectivity index (χ0n) is 12.0. The van der Waals surface area contributed by atoms with Gasteiger partial charge in [-0.15, -0.1) is 0 Å². The summed E-state index contributed by atoms with van der Waals surface area (Å²) in [6, 6.07) is 10.2. The number of nitrogen functional groups attached to an aromatic ring is 1. The van der Waals surface area contributed by atoms with Gasteiger partial charge in [-0.2, -0.15) is 0 Å². The maximum Gasteiger partial charge on any atom is 0.147 e. The molecule has 0 bridgehead atoms. The van der Waals surface area contributed by atoms with Crippen molar-refractivity contribution in [3.8, 4) is 11.8 Å². The number of benzene rings is 1. The maximum atomic E-state index is 6.01. The van der Waals surface area contributed by atoms with E-state index in [9.17, 15) is 0 Å². The van der Waals surface area contributed by atoms with E-state index in [1.807, 2.05) is 36.5 Å². The van der Waals surface area contributed by atoms with E-state index in [0.29, 0.717) is 5.82 Å². The van der Waals surface area contributed by atoms with Crippen molar-refractivity contribution in [3.63, 3.8) is 0 Å². The van der Waals surface area contributed by atoms with Gasteiger partial charge < -0.3 is 10.3 Å². The molecule has 4 nitrogen and oxygen atoms in total. The van der Waals surface area contributed by atoms with E-state index in [2.05, 4.69) is 40.2 Å². The third kappa shape index (κ3) is 2.46. The van der Waals surface area contributed by atoms with Crippen LogP contribution in [0.15, 0.2) is 42.9 Å². The first kappa shape index (κ1) is 13.2. The maximum absolute atomic E-state index is 6.01. The molecule has 3 rings (SSSR count). The van der Waals surface area contributed by atoms with E-state index in [1.165, 1.54) is 6.33 Å². The van der Waals surface area contributed by atoms with E-state index in [1.54, 1.807) is 0 Å². The second kappa shape index (κ2) is 5.29. The third-order valence-corrected chi connectivity index (χ3v) is 3.31. The lowest BCUT2D eigenvalue weighted by molar-refractivity contribution is 0.617. The van der Waals surface area contributed by atoms with E-state index in [4.69, 9.17) is 5.73 Å². The largest absolute Gasteiger partial charge is 0.383 e. The normalized spacial score (nSPS) is 10.6. The predicted octanol–water partition coefficient (Wildman–Crippen LogP) is 2.99. The molecule has 0 radical (unpaired) electrons. The molecule has 4 heteroatoms. The molecular formula is C17H16N4. The molecule has 2 heterocycles. The molecule has 2 N–H and O–H groups in total. The van der Waals surface area contributed by atoms with Gasteiger partial charge in [0, 0.05) is 17.8 Å². The first-order chi connectivity index (χ1) is 10.2. The highest BCUT2D eigenvalue weighted by molar-refractivity contribution is 5.92. The summed E-state index contributed by atoms with van der Waals surface area (Å²) in [5, 5.41) is 0.828. The highest BCUT2D eigenvalue weighted by Crippen LogP contribution is 2.25. The van der Waals surface area contributed by atoms with Crippen molar-refractivity contribution in [2.24, 2.45) is 0 Å². The summed E-state index contributed by atoms with van der Waals surface area (Å²) in [4.78, 5) is 8.42. The van der Waals surface area contributed by atoms with Gasteiger partial charge in [-0.3, -0.25) is 0 Å². The Morgan fingerprint density at radius 1 is 1.10 bits per heavy atom. The average molecular weight is 276 g/mol. The zero-order valence-corrected chi connectivity index (χ0v) is 12.0. The van der Waals surface area contributed by atoms with Crippen LogP contribution in [0.2, 0.25) is 0 Å². The van der Waals surface area contributed by atoms with Gasteiger partial charge in [0.15, 0.2) is 0 Å². The van der Waals surface area contributed by atoms with Crippen LogP contribution in [0.3, 0.4) is 0 Å². The summed E-state index contributed by atoms with van der Waals surface area (Å²) in [7, 11) is 0. The van der Waals surface area contributed by atoms with E-state index in [0.717, 1.165) is 22.2 Å². The van der Waals surface area contributed by atoms with Crippen molar-refractivity contribution in [1.29, 1.82) is 0 Å². The van der Waals surface area contributed by atoms with Crippen molar-refractivity contribution in [3.05, 3.63) is 54.0 Å². The summed E-state index contributed by atoms with van der Waals surface area (Å²) in [5.41, 5.74) is 8.67. The second-order valence-corrected chi connectivity index (χ2v) is 5.12. The number of nitrogens with zero attached hydrogens (tertiary/aromatic N) is 3. The smallest absolute Gasteiger partial charge is 0.147 e. The Morgan fingerprint density at radius 2 is 1.86 bits per heavy atom. The van der Waals surface area contributed by atoms with Crippen molar-refractivity contribution in [2.45, 2.75) is 19.9 Å². The van der Waals surface area contributed by atoms with Crippen LogP contribution in [-0.2, 0) is 0 Å². The fourth-order valence-electron chi connectivity index (χ4n) is 2.26. The first-order valence-corrected chi connectivity index (χ1v) is 6.85. The van der Waals surface area contributed by atoms with Gasteiger partial charge in [0.05, 0.1) is 10.9 Å². The molecule has 104 valence electrons. The zero-order chi connectivity index (χ0) is 14.8. The molecule has 2 aromatic heterocycles. The number of hydrogen-bond acceptors (Lipinski definition) is 3. The van der Waals surface area contributed by atoms with Crippen LogP contribution in [0.25, 0.3) is 11.0 Å². The fourth-order valence-corrected chi connectivity index (χ4v) is 2.26. The van der Waals surface area contributed by atoms with Crippen LogP contribution in [0.5, 0.6) is 0 Å². The van der Waals surface area contributed by atoms with Crippen LogP contribution in [0.4, 0.5) is 5.82 Å². The van der Waals surface area contributed by atoms with E-state index in [-0.39, 0.29) is 6.04 Å². The quantitative estimate of drug-likeness (QED) is 0.695. The molecule has 0 aliphatic heterocycles. The minimum absolute atomic E-state index is 0.286. The molecular weight excluding hydrogens is 260 g/mol. The summed E-state index contributed by atoms with van der Waals surface area (Å²) in [6.07, 6.45) is 3.49. The predicted molar refractivity (Wildman–Crippen MR) is 84.7 cm³/mol. The second-order valence-electron chi connectivity index (χ2n) is 5.12. The van der Waals surface area contributed by atoms with Crippen LogP contribution >= 0.6 is 0 Å². The van der Waals surface area contributed by atoms with Crippen molar-refractivity contribution < 1.29 is 0 Å². The highest BCUT2D eigenvalue weighted by atomic mass is 15.1. The lowest BCUT2D eigenvalue weighted by atomic mass is 10.2. The average Bonchev–Trinajstić information content (AvgIpc) is 2.87. The van der Waals surface area contributed by atoms with Crippen LogP contribution in [0.1, 0.15) is 31.0 Å². The Kier molecular flexibility index (Phi) is 3.33. The van der Waals surface area contributed by atoms with Crippen LogP contribution in [0, 0.1) is 11.8 Å². The SMILES string of the molecule is CC(C)n1cc(C#Cc2ccccc2)c2c(N)ncnc21. The van der Waals surface area contributed by atoms with Gasteiger partial charge in [0.1, 0.15) is 17.8 Å². The van der Waals surface area contributed by atoms with Crippen molar-refractivity contribution in [1.82, 2.24) is 14.5 Å². The molecule has 0 fully saturated rings. The Morgan fingerprint density at radius 3 is 2.57 bits per heavy atom. The minimum atomic E-state index is 0.286. The third-order valence-electron chi connectivity index (χ3n) is 3.31. The first-order valence-electron chi connectivity index (χ1n) is 6.85. The van der Waals surface area contributed by atoms with E-state index >= 15 is 0 Å². The lowest BCUT2D eigenvalue weighted by Crippen LogP contribution is -2.00. The summed E-state index contributed by atoms with van der Waals surface area (Å²) >= 11 is 0. The van der Waals surface area contributed by atoms with Gasteiger partial charge in [-0.1, -0.05) is 30.0 Å². The molecule has 0 unspecified atom stereocenters. The van der Waals surface area contributed by atoms with Gasteiger partial charge in [0.2, 0.25) is 0 Å². The number of aromatic nitrogens is 3. The molecule has 0 aliphatic rings. The molecule has 3 aromatic rings. The Bertz CT molecular complexity index is 836. The standard InChI is InChI=1S/C17H16N4/c1-12(2)21-10-14(9-8-13-6-4-3-5-7-13)15-16(18)19-11-20-17(15)21/h3-7,10-12H,1-2H3,(H2,18,19,20). The molecule has 0 aliphatic carbocycles. The van der Waals surface area contributed by atoms with Gasteiger partial charge in [-0.05, 0) is 26.0 Å². The Hall–Kier alpha value is -2.80. The van der Waals surface area contributed by atoms with Gasteiger partial charge in [0.25, 0.3) is 0 Å². The topological polar surface area (TPSA) is 56.7 Å². The number of fused-ring (bicyclic) bond motifs is 1. The monoisotopic (exact) mass is 276 g/mol. The molecule has 0 amide bonds. The molecule has 0 spiro atoms. The van der Waals surface area contributed by atoms with Crippen molar-refractivity contribution >= 4 is 16.9 Å². The molecule has 1 aromatic carbocycles. The molecule has 0 saturated heterocycles. The Balaban J connectivity index is 2.18. The Labute approximate surface area is 123 Å². The fraction of sp³-hybridized carbons (Fsp3) is 0.176. The number of hydrogen-bond donors (Lipinski definition) is 1. The number of nitrogens with two attached hydrogens (primary N) is 1. The molecule has 0 saturated carbocycles. The van der Waals surface area contributed by atoms with Crippen LogP contribution in [-0.4, -0.2) is 14.5 Å². The molecule has 21 heavy (non-hydrogen) atoms. The van der Waals surface area contributed by atoms with Gasteiger partial charge >= 0.3 is 0 Å². The highest BCUT2D eigenvalue weighted by Gasteiger charge is 2.13. The van der Waals surface area contributed by atoms with Crippen LogP contribution < -0.4 is 5.73 Å².